The SMILES string of the molecule is c1cnc2ccc(-c3noc(CC4CCNC4)n3)cc2c1. The molecule has 0 aliphatic carbocycles. The van der Waals surface area contributed by atoms with E-state index in [-0.39, 0.29) is 0 Å². The molecule has 0 radical (unpaired) electrons. The third kappa shape index (κ3) is 2.52. The maximum atomic E-state index is 5.39. The fraction of sp³-hybridized carbons (Fsp3) is 0.312. The maximum absolute atomic E-state index is 5.39. The minimum atomic E-state index is 0.610. The monoisotopic (exact) mass is 280 g/mol. The van der Waals surface area contributed by atoms with Crippen LogP contribution >= 0.6 is 0 Å². The van der Waals surface area contributed by atoms with Gasteiger partial charge in [0.2, 0.25) is 11.7 Å². The van der Waals surface area contributed by atoms with E-state index in [9.17, 15) is 0 Å². The maximum Gasteiger partial charge on any atom is 0.227 e. The summed E-state index contributed by atoms with van der Waals surface area (Å²) in [5, 5.41) is 8.55. The van der Waals surface area contributed by atoms with Crippen LogP contribution in [-0.2, 0) is 6.42 Å². The number of pyridine rings is 1. The fourth-order valence-corrected chi connectivity index (χ4v) is 2.81. The Kier molecular flexibility index (Phi) is 3.12. The van der Waals surface area contributed by atoms with E-state index in [1.54, 1.807) is 6.20 Å². The van der Waals surface area contributed by atoms with E-state index in [4.69, 9.17) is 4.52 Å². The second-order valence-electron chi connectivity index (χ2n) is 5.49. The average molecular weight is 280 g/mol. The lowest BCUT2D eigenvalue weighted by molar-refractivity contribution is 0.358. The third-order valence-corrected chi connectivity index (χ3v) is 3.95. The number of nitrogens with zero attached hydrogens (tertiary/aromatic N) is 3. The molecule has 0 bridgehead atoms. The van der Waals surface area contributed by atoms with Gasteiger partial charge in [0.15, 0.2) is 0 Å². The Bertz CT molecular complexity index is 762. The molecule has 1 aliphatic rings. The molecule has 5 nitrogen and oxygen atoms in total. The van der Waals surface area contributed by atoms with Crippen LogP contribution in [0.5, 0.6) is 0 Å². The second-order valence-corrected chi connectivity index (χ2v) is 5.49. The smallest absolute Gasteiger partial charge is 0.227 e. The van der Waals surface area contributed by atoms with Crippen LogP contribution in [0, 0.1) is 5.92 Å². The van der Waals surface area contributed by atoms with Gasteiger partial charge in [-0.2, -0.15) is 4.98 Å². The highest BCUT2D eigenvalue weighted by atomic mass is 16.5. The minimum Gasteiger partial charge on any atom is -0.339 e. The standard InChI is InChI=1S/C16H16N4O/c1-2-12-9-13(3-4-14(12)18-6-1)16-19-15(21-20-16)8-11-5-7-17-10-11/h1-4,6,9,11,17H,5,7-8,10H2. The molecule has 21 heavy (non-hydrogen) atoms. The topological polar surface area (TPSA) is 63.8 Å². The van der Waals surface area contributed by atoms with Crippen LogP contribution in [-0.4, -0.2) is 28.2 Å². The Morgan fingerprint density at radius 2 is 2.29 bits per heavy atom. The van der Waals surface area contributed by atoms with E-state index >= 15 is 0 Å². The lowest BCUT2D eigenvalue weighted by atomic mass is 10.1. The highest BCUT2D eigenvalue weighted by Gasteiger charge is 2.18. The van der Waals surface area contributed by atoms with Gasteiger partial charge in [0.1, 0.15) is 0 Å². The molecule has 0 spiro atoms. The second kappa shape index (κ2) is 5.26. The molecule has 106 valence electrons. The molecule has 1 N–H and O–H groups in total. The van der Waals surface area contributed by atoms with Crippen LogP contribution in [0.2, 0.25) is 0 Å². The van der Waals surface area contributed by atoms with Gasteiger partial charge in [0, 0.05) is 23.6 Å². The molecule has 1 saturated heterocycles. The van der Waals surface area contributed by atoms with Crippen molar-refractivity contribution in [1.29, 1.82) is 0 Å². The summed E-state index contributed by atoms with van der Waals surface area (Å²) in [6, 6.07) is 9.99. The zero-order valence-corrected chi connectivity index (χ0v) is 11.6. The van der Waals surface area contributed by atoms with Crippen LogP contribution in [0.4, 0.5) is 0 Å². The number of aromatic nitrogens is 3. The van der Waals surface area contributed by atoms with Crippen LogP contribution in [0.1, 0.15) is 12.3 Å². The lowest BCUT2D eigenvalue weighted by Crippen LogP contribution is -2.10. The third-order valence-electron chi connectivity index (χ3n) is 3.95. The lowest BCUT2D eigenvalue weighted by Gasteiger charge is -2.02. The molecule has 2 aromatic heterocycles. The van der Waals surface area contributed by atoms with Crippen molar-refractivity contribution in [1.82, 2.24) is 20.4 Å². The van der Waals surface area contributed by atoms with Crippen LogP contribution in [0.25, 0.3) is 22.3 Å². The van der Waals surface area contributed by atoms with Crippen molar-refractivity contribution in [3.63, 3.8) is 0 Å². The summed E-state index contributed by atoms with van der Waals surface area (Å²) in [5.41, 5.74) is 1.94. The van der Waals surface area contributed by atoms with Gasteiger partial charge >= 0.3 is 0 Å². The van der Waals surface area contributed by atoms with Crippen molar-refractivity contribution in [2.24, 2.45) is 5.92 Å². The number of hydrogen-bond acceptors (Lipinski definition) is 5. The molecule has 5 heteroatoms. The summed E-state index contributed by atoms with van der Waals surface area (Å²) in [6.07, 6.45) is 3.83. The summed E-state index contributed by atoms with van der Waals surface area (Å²) in [7, 11) is 0. The Labute approximate surface area is 122 Å². The van der Waals surface area contributed by atoms with Crippen molar-refractivity contribution < 1.29 is 4.52 Å². The van der Waals surface area contributed by atoms with Crippen molar-refractivity contribution in [3.05, 3.63) is 42.4 Å². The van der Waals surface area contributed by atoms with Crippen LogP contribution in [0.3, 0.4) is 0 Å². The van der Waals surface area contributed by atoms with Crippen molar-refractivity contribution in [3.8, 4) is 11.4 Å². The van der Waals surface area contributed by atoms with Crippen molar-refractivity contribution >= 4 is 10.9 Å². The van der Waals surface area contributed by atoms with E-state index < -0.39 is 0 Å². The number of fused-ring (bicyclic) bond motifs is 1. The van der Waals surface area contributed by atoms with Gasteiger partial charge in [0.25, 0.3) is 0 Å². The van der Waals surface area contributed by atoms with Crippen molar-refractivity contribution in [2.45, 2.75) is 12.8 Å². The molecule has 1 unspecified atom stereocenters. The highest BCUT2D eigenvalue weighted by Crippen LogP contribution is 2.22. The first-order chi connectivity index (χ1) is 10.4. The zero-order chi connectivity index (χ0) is 14.1. The normalized spacial score (nSPS) is 18.4. The number of hydrogen-bond donors (Lipinski definition) is 1. The van der Waals surface area contributed by atoms with Gasteiger partial charge < -0.3 is 9.84 Å². The van der Waals surface area contributed by atoms with Gasteiger partial charge in [-0.25, -0.2) is 0 Å². The van der Waals surface area contributed by atoms with Gasteiger partial charge in [-0.3, -0.25) is 4.98 Å². The van der Waals surface area contributed by atoms with Crippen LogP contribution < -0.4 is 5.32 Å². The van der Waals surface area contributed by atoms with E-state index in [0.29, 0.717) is 11.7 Å². The highest BCUT2D eigenvalue weighted by molar-refractivity contribution is 5.82. The van der Waals surface area contributed by atoms with E-state index in [0.717, 1.165) is 41.9 Å². The molecule has 1 fully saturated rings. The summed E-state index contributed by atoms with van der Waals surface area (Å²) in [4.78, 5) is 8.84. The summed E-state index contributed by atoms with van der Waals surface area (Å²) < 4.78 is 5.39. The molecule has 1 aliphatic heterocycles. The van der Waals surface area contributed by atoms with E-state index in [1.165, 1.54) is 6.42 Å². The molecule has 3 heterocycles. The predicted octanol–water partition coefficient (Wildman–Crippen LogP) is 2.44. The molecule has 4 rings (SSSR count). The summed E-state index contributed by atoms with van der Waals surface area (Å²) in [5.74, 6) is 1.99. The largest absolute Gasteiger partial charge is 0.339 e. The molecular weight excluding hydrogens is 264 g/mol. The first-order valence-electron chi connectivity index (χ1n) is 7.27. The summed E-state index contributed by atoms with van der Waals surface area (Å²) >= 11 is 0. The minimum absolute atomic E-state index is 0.610. The molecule has 1 atom stereocenters. The Balaban J connectivity index is 1.61. The Hall–Kier alpha value is -2.27. The van der Waals surface area contributed by atoms with Gasteiger partial charge in [-0.1, -0.05) is 11.2 Å². The first-order valence-corrected chi connectivity index (χ1v) is 7.27. The summed E-state index contributed by atoms with van der Waals surface area (Å²) in [6.45, 7) is 2.13. The van der Waals surface area contributed by atoms with Crippen LogP contribution in [0.15, 0.2) is 41.1 Å². The number of benzene rings is 1. The zero-order valence-electron chi connectivity index (χ0n) is 11.6. The quantitative estimate of drug-likeness (QED) is 0.798. The van der Waals surface area contributed by atoms with Crippen molar-refractivity contribution in [2.75, 3.05) is 13.1 Å². The fourth-order valence-electron chi connectivity index (χ4n) is 2.81. The molecule has 0 saturated carbocycles. The average Bonchev–Trinajstić information content (AvgIpc) is 3.19. The molecular formula is C16H16N4O. The number of nitrogens with one attached hydrogen (secondary N) is 1. The number of rotatable bonds is 3. The molecule has 1 aromatic carbocycles. The predicted molar refractivity (Wildman–Crippen MR) is 79.7 cm³/mol. The van der Waals surface area contributed by atoms with Gasteiger partial charge in [0.05, 0.1) is 5.52 Å². The Morgan fingerprint density at radius 3 is 3.19 bits per heavy atom. The molecule has 0 amide bonds. The van der Waals surface area contributed by atoms with E-state index in [2.05, 4.69) is 20.4 Å². The Morgan fingerprint density at radius 1 is 1.29 bits per heavy atom. The van der Waals surface area contributed by atoms with Gasteiger partial charge in [-0.15, -0.1) is 0 Å². The van der Waals surface area contributed by atoms with Gasteiger partial charge in [-0.05, 0) is 49.7 Å². The first kappa shape index (κ1) is 12.5. The van der Waals surface area contributed by atoms with E-state index in [1.807, 2.05) is 30.3 Å². The molecule has 3 aromatic rings.